The third-order valence-electron chi connectivity index (χ3n) is 2.63. The van der Waals surface area contributed by atoms with Crippen LogP contribution in [-0.2, 0) is 4.74 Å². The smallest absolute Gasteiger partial charge is 0.168 e. The zero-order chi connectivity index (χ0) is 14.3. The molecule has 0 unspecified atom stereocenters. The van der Waals surface area contributed by atoms with Crippen LogP contribution < -0.4 is 10.6 Å². The molecule has 1 aromatic rings. The van der Waals surface area contributed by atoms with Crippen LogP contribution in [-0.4, -0.2) is 57.3 Å². The summed E-state index contributed by atoms with van der Waals surface area (Å²) < 4.78 is 31.6. The van der Waals surface area contributed by atoms with Gasteiger partial charge in [-0.15, -0.1) is 0 Å². The molecule has 1 heterocycles. The molecule has 0 amide bonds. The minimum absolute atomic E-state index is 0.0247. The largest absolute Gasteiger partial charge is 0.383 e. The molecule has 1 rings (SSSR count). The molecule has 5 nitrogen and oxygen atoms in total. The van der Waals surface area contributed by atoms with E-state index >= 15 is 0 Å². The van der Waals surface area contributed by atoms with E-state index in [1.807, 2.05) is 11.9 Å². The summed E-state index contributed by atoms with van der Waals surface area (Å²) in [6.45, 7) is 2.65. The van der Waals surface area contributed by atoms with E-state index in [9.17, 15) is 8.78 Å². The molecule has 0 aliphatic rings. The van der Waals surface area contributed by atoms with Crippen LogP contribution in [0.15, 0.2) is 6.07 Å². The highest BCUT2D eigenvalue weighted by molar-refractivity contribution is 5.47. The zero-order valence-corrected chi connectivity index (χ0v) is 11.5. The molecule has 0 aromatic carbocycles. The van der Waals surface area contributed by atoms with E-state index in [1.54, 1.807) is 7.11 Å². The summed E-state index contributed by atoms with van der Waals surface area (Å²) in [4.78, 5) is 5.87. The van der Waals surface area contributed by atoms with E-state index < -0.39 is 11.6 Å². The minimum Gasteiger partial charge on any atom is -0.383 e. The Morgan fingerprint density at radius 2 is 1.95 bits per heavy atom. The van der Waals surface area contributed by atoms with E-state index in [0.717, 1.165) is 12.6 Å². The van der Waals surface area contributed by atoms with Crippen molar-refractivity contribution >= 4 is 11.6 Å². The van der Waals surface area contributed by atoms with E-state index in [-0.39, 0.29) is 11.6 Å². The number of pyridine rings is 1. The molecule has 0 fully saturated rings. The number of hydrogen-bond acceptors (Lipinski definition) is 5. The minimum atomic E-state index is -0.706. The van der Waals surface area contributed by atoms with E-state index in [0.29, 0.717) is 19.7 Å². The Labute approximate surface area is 112 Å². The lowest BCUT2D eigenvalue weighted by atomic mass is 10.4. The van der Waals surface area contributed by atoms with Crippen LogP contribution in [0, 0.1) is 11.6 Å². The number of ether oxygens (including phenoxy) is 1. The van der Waals surface area contributed by atoms with Crippen LogP contribution in [0.2, 0.25) is 0 Å². The molecule has 0 saturated heterocycles. The second-order valence-electron chi connectivity index (χ2n) is 4.12. The topological polar surface area (TPSA) is 49.4 Å². The molecule has 1 aromatic heterocycles. The van der Waals surface area contributed by atoms with Crippen molar-refractivity contribution in [2.24, 2.45) is 0 Å². The van der Waals surface area contributed by atoms with Crippen LogP contribution >= 0.6 is 0 Å². The molecule has 0 atom stereocenters. The fourth-order valence-electron chi connectivity index (χ4n) is 1.49. The van der Waals surface area contributed by atoms with Gasteiger partial charge in [0.1, 0.15) is 0 Å². The first-order chi connectivity index (χ1) is 9.08. The first-order valence-corrected chi connectivity index (χ1v) is 6.03. The number of nitrogens with zero attached hydrogens (tertiary/aromatic N) is 2. The number of anilines is 2. The van der Waals surface area contributed by atoms with E-state index in [2.05, 4.69) is 15.6 Å². The Hall–Kier alpha value is -1.47. The highest BCUT2D eigenvalue weighted by Crippen LogP contribution is 2.18. The quantitative estimate of drug-likeness (QED) is 0.750. The van der Waals surface area contributed by atoms with Crippen LogP contribution in [0.3, 0.4) is 0 Å². The molecular weight excluding hydrogens is 254 g/mol. The van der Waals surface area contributed by atoms with Crippen molar-refractivity contribution in [2.45, 2.75) is 0 Å². The summed E-state index contributed by atoms with van der Waals surface area (Å²) in [5.74, 6) is -1.33. The second kappa shape index (κ2) is 7.85. The van der Waals surface area contributed by atoms with E-state index in [4.69, 9.17) is 4.74 Å². The molecular formula is C12H20F2N4O. The summed E-state index contributed by atoms with van der Waals surface area (Å²) in [6, 6.07) is 0.815. The van der Waals surface area contributed by atoms with Crippen molar-refractivity contribution in [1.29, 1.82) is 0 Å². The zero-order valence-electron chi connectivity index (χ0n) is 11.5. The Balaban J connectivity index is 2.49. The maximum absolute atomic E-state index is 13.5. The number of hydrogen-bond donors (Lipinski definition) is 2. The van der Waals surface area contributed by atoms with Crippen molar-refractivity contribution in [3.8, 4) is 0 Å². The Bertz CT molecular complexity index is 404. The SMILES string of the molecule is CNc1nc(NCCN(C)CCOC)c(F)cc1F. The maximum Gasteiger partial charge on any atom is 0.168 e. The summed E-state index contributed by atoms with van der Waals surface area (Å²) in [5.41, 5.74) is 0. The van der Waals surface area contributed by atoms with Crippen molar-refractivity contribution in [3.05, 3.63) is 17.7 Å². The maximum atomic E-state index is 13.5. The van der Waals surface area contributed by atoms with Gasteiger partial charge >= 0.3 is 0 Å². The lowest BCUT2D eigenvalue weighted by Gasteiger charge is -2.16. The first-order valence-electron chi connectivity index (χ1n) is 6.03. The molecule has 108 valence electrons. The van der Waals surface area contributed by atoms with Crippen LogP contribution in [0.25, 0.3) is 0 Å². The van der Waals surface area contributed by atoms with Gasteiger partial charge in [0.25, 0.3) is 0 Å². The standard InChI is InChI=1S/C12H20F2N4O/c1-15-11-9(13)8-10(14)12(17-11)16-4-5-18(2)6-7-19-3/h8H,4-7H2,1-3H3,(H2,15,16,17). The molecule has 7 heteroatoms. The molecule has 0 aliphatic heterocycles. The van der Waals surface area contributed by atoms with Gasteiger partial charge in [-0.05, 0) is 7.05 Å². The van der Waals surface area contributed by atoms with Gasteiger partial charge in [0.05, 0.1) is 6.61 Å². The normalized spacial score (nSPS) is 10.8. The monoisotopic (exact) mass is 274 g/mol. The van der Waals surface area contributed by atoms with Gasteiger partial charge in [0, 0.05) is 39.9 Å². The highest BCUT2D eigenvalue weighted by atomic mass is 19.1. The van der Waals surface area contributed by atoms with Crippen LogP contribution in [0.4, 0.5) is 20.4 Å². The van der Waals surface area contributed by atoms with Crippen molar-refractivity contribution < 1.29 is 13.5 Å². The molecule has 0 saturated carbocycles. The van der Waals surface area contributed by atoms with Crippen molar-refractivity contribution in [1.82, 2.24) is 9.88 Å². The van der Waals surface area contributed by atoms with Gasteiger partial charge in [-0.25, -0.2) is 13.8 Å². The number of methoxy groups -OCH3 is 1. The summed E-state index contributed by atoms with van der Waals surface area (Å²) in [5, 5.41) is 5.42. The van der Waals surface area contributed by atoms with Crippen molar-refractivity contribution in [2.75, 3.05) is 58.1 Å². The molecule has 19 heavy (non-hydrogen) atoms. The number of rotatable bonds is 8. The van der Waals surface area contributed by atoms with Crippen LogP contribution in [0.5, 0.6) is 0 Å². The van der Waals surface area contributed by atoms with Gasteiger partial charge in [-0.1, -0.05) is 0 Å². The van der Waals surface area contributed by atoms with Crippen molar-refractivity contribution in [3.63, 3.8) is 0 Å². The molecule has 0 bridgehead atoms. The second-order valence-corrected chi connectivity index (χ2v) is 4.12. The average molecular weight is 274 g/mol. The predicted octanol–water partition coefficient (Wildman–Crippen LogP) is 1.39. The van der Waals surface area contributed by atoms with Gasteiger partial charge in [-0.3, -0.25) is 0 Å². The fraction of sp³-hybridized carbons (Fsp3) is 0.583. The number of halogens is 2. The van der Waals surface area contributed by atoms with Gasteiger partial charge in [0.15, 0.2) is 23.3 Å². The van der Waals surface area contributed by atoms with Gasteiger partial charge in [0.2, 0.25) is 0 Å². The number of likely N-dealkylation sites (N-methyl/N-ethyl adjacent to an activating group) is 1. The summed E-state index contributed by atoms with van der Waals surface area (Å²) >= 11 is 0. The lowest BCUT2D eigenvalue weighted by Crippen LogP contribution is -2.28. The Morgan fingerprint density at radius 3 is 2.58 bits per heavy atom. The Morgan fingerprint density at radius 1 is 1.26 bits per heavy atom. The van der Waals surface area contributed by atoms with E-state index in [1.165, 1.54) is 7.05 Å². The molecule has 0 aliphatic carbocycles. The van der Waals surface area contributed by atoms with Crippen LogP contribution in [0.1, 0.15) is 0 Å². The first kappa shape index (κ1) is 15.6. The third kappa shape index (κ3) is 4.96. The predicted molar refractivity (Wildman–Crippen MR) is 71.6 cm³/mol. The van der Waals surface area contributed by atoms with Gasteiger partial charge in [-0.2, -0.15) is 0 Å². The Kier molecular flexibility index (Phi) is 6.44. The summed E-state index contributed by atoms with van der Waals surface area (Å²) in [6.07, 6.45) is 0. The number of aromatic nitrogens is 1. The number of nitrogens with one attached hydrogen (secondary N) is 2. The fourth-order valence-corrected chi connectivity index (χ4v) is 1.49. The third-order valence-corrected chi connectivity index (χ3v) is 2.63. The lowest BCUT2D eigenvalue weighted by molar-refractivity contribution is 0.163. The molecule has 0 spiro atoms. The summed E-state index contributed by atoms with van der Waals surface area (Å²) in [7, 11) is 5.11. The van der Waals surface area contributed by atoms with Gasteiger partial charge < -0.3 is 20.3 Å². The molecule has 0 radical (unpaired) electrons. The molecule has 2 N–H and O–H groups in total. The average Bonchev–Trinajstić information content (AvgIpc) is 2.38. The highest BCUT2D eigenvalue weighted by Gasteiger charge is 2.10.